The number of halogens is 2. The van der Waals surface area contributed by atoms with E-state index in [4.69, 9.17) is 27.0 Å². The first kappa shape index (κ1) is 38.6. The van der Waals surface area contributed by atoms with Crippen molar-refractivity contribution in [3.63, 3.8) is 0 Å². The number of anilines is 1. The number of alkyl halides is 2. The topological polar surface area (TPSA) is 256 Å². The highest BCUT2D eigenvalue weighted by atomic mass is 19.3. The van der Waals surface area contributed by atoms with Crippen molar-refractivity contribution in [3.8, 4) is 0 Å². The molecule has 0 aliphatic carbocycles. The summed E-state index contributed by atoms with van der Waals surface area (Å²) < 4.78 is 31.8. The molecule has 7 N–H and O–H groups in total. The predicted molar refractivity (Wildman–Crippen MR) is 201 cm³/mol. The molecule has 0 radical (unpaired) electrons. The van der Waals surface area contributed by atoms with Crippen molar-refractivity contribution in [2.45, 2.75) is 25.2 Å². The highest BCUT2D eigenvalue weighted by molar-refractivity contribution is 6.05. The summed E-state index contributed by atoms with van der Waals surface area (Å²) in [6.07, 6.45) is 15.9. The molecule has 0 atom stereocenters. The number of nitrogens with two attached hydrogens (primary N) is 3. The summed E-state index contributed by atoms with van der Waals surface area (Å²) in [5, 5.41) is 10.9. The Morgan fingerprint density at radius 2 is 1.18 bits per heavy atom. The van der Waals surface area contributed by atoms with E-state index in [1.807, 2.05) is 11.0 Å². The van der Waals surface area contributed by atoms with Crippen molar-refractivity contribution in [1.29, 1.82) is 0 Å². The Kier molecular flexibility index (Phi) is 11.4. The van der Waals surface area contributed by atoms with Crippen LogP contribution >= 0.6 is 0 Å². The Balaban J connectivity index is 0.000000144. The fourth-order valence-electron chi connectivity index (χ4n) is 6.05. The van der Waals surface area contributed by atoms with Crippen molar-refractivity contribution in [1.82, 2.24) is 29.9 Å². The largest absolute Gasteiger partial charge is 0.478 e. The van der Waals surface area contributed by atoms with Gasteiger partial charge in [-0.3, -0.25) is 44.3 Å². The second-order valence-electron chi connectivity index (χ2n) is 12.7. The van der Waals surface area contributed by atoms with Gasteiger partial charge in [0.25, 0.3) is 5.92 Å². The highest BCUT2D eigenvalue weighted by Crippen LogP contribution is 2.33. The van der Waals surface area contributed by atoms with Crippen molar-refractivity contribution < 1.29 is 37.8 Å². The van der Waals surface area contributed by atoms with E-state index in [0.29, 0.717) is 46.3 Å². The Labute approximate surface area is 316 Å². The lowest BCUT2D eigenvalue weighted by atomic mass is 9.98. The Morgan fingerprint density at radius 1 is 0.679 bits per heavy atom. The number of carbonyl (C=O) groups is 4. The number of pyridine rings is 6. The van der Waals surface area contributed by atoms with Crippen LogP contribution in [0.25, 0.3) is 38.3 Å². The van der Waals surface area contributed by atoms with Gasteiger partial charge in [-0.2, -0.15) is 0 Å². The molecule has 3 amide bonds. The van der Waals surface area contributed by atoms with Crippen LogP contribution in [0.3, 0.4) is 0 Å². The number of piperidine rings is 1. The van der Waals surface area contributed by atoms with Crippen LogP contribution in [0.2, 0.25) is 0 Å². The molecule has 6 aromatic rings. The number of carbonyl (C=O) groups excluding carboxylic acids is 3. The standard InChI is InChI=1S/C14H14F2N4O.C14H13N3O2.C10H7N3O3/c15-14(16)1-3-20(4-2-14)12-8-18-7-11-10(12)5-9(6-19-11)13(17)21;15-14(18)10-5-11-12(9-1-3-19-4-2-9)7-16-8-13(11)17-6-10;11-9(14)5-1-6-7(10(15)16)3-12-4-8(6)13-2-5/h5-8H,1-4H2,(H2,17,21);1,5-8H,2-4H2,(H2,15,18);1-4H,(H2,11,14)(H,15,16). The maximum atomic E-state index is 13.3. The summed E-state index contributed by atoms with van der Waals surface area (Å²) in [5.41, 5.74) is 21.2. The van der Waals surface area contributed by atoms with Crippen LogP contribution in [-0.4, -0.2) is 90.9 Å². The minimum Gasteiger partial charge on any atom is -0.478 e. The molecule has 1 saturated heterocycles. The lowest BCUT2D eigenvalue weighted by molar-refractivity contribution is -0.0220. The number of hydrogen-bond acceptors (Lipinski definition) is 12. The van der Waals surface area contributed by atoms with Crippen molar-refractivity contribution in [2.75, 3.05) is 31.2 Å². The first-order chi connectivity index (χ1) is 26.8. The molecule has 286 valence electrons. The van der Waals surface area contributed by atoms with Gasteiger partial charge in [-0.05, 0) is 30.2 Å². The number of nitrogens with zero attached hydrogens (tertiary/aromatic N) is 7. The smallest absolute Gasteiger partial charge is 0.337 e. The van der Waals surface area contributed by atoms with Crippen LogP contribution < -0.4 is 22.1 Å². The number of fused-ring (bicyclic) bond motifs is 3. The Hall–Kier alpha value is -7.08. The lowest BCUT2D eigenvalue weighted by Gasteiger charge is -2.33. The van der Waals surface area contributed by atoms with Crippen LogP contribution in [0.1, 0.15) is 66.3 Å². The number of amides is 3. The van der Waals surface area contributed by atoms with E-state index in [9.17, 15) is 28.0 Å². The third kappa shape index (κ3) is 8.82. The molecule has 1 fully saturated rings. The number of rotatable bonds is 6. The summed E-state index contributed by atoms with van der Waals surface area (Å²) in [6.45, 7) is 1.79. The zero-order chi connectivity index (χ0) is 40.0. The average Bonchev–Trinajstić information content (AvgIpc) is 3.20. The molecule has 0 saturated carbocycles. The first-order valence-electron chi connectivity index (χ1n) is 17.0. The Morgan fingerprint density at radius 3 is 1.71 bits per heavy atom. The number of carboxylic acids is 1. The normalized spacial score (nSPS) is 14.8. The second kappa shape index (κ2) is 16.5. The quantitative estimate of drug-likeness (QED) is 0.188. The van der Waals surface area contributed by atoms with Gasteiger partial charge < -0.3 is 31.9 Å². The maximum absolute atomic E-state index is 13.3. The van der Waals surface area contributed by atoms with Crippen LogP contribution in [0.15, 0.2) is 80.0 Å². The summed E-state index contributed by atoms with van der Waals surface area (Å²) in [6, 6.07) is 4.81. The number of aromatic nitrogens is 6. The van der Waals surface area contributed by atoms with E-state index in [1.165, 1.54) is 42.6 Å². The molecule has 8 heterocycles. The second-order valence-corrected chi connectivity index (χ2v) is 12.7. The molecule has 0 bridgehead atoms. The van der Waals surface area contributed by atoms with E-state index in [2.05, 4.69) is 29.9 Å². The van der Waals surface area contributed by atoms with Gasteiger partial charge in [0.15, 0.2) is 0 Å². The molecular weight excluding hydrogens is 730 g/mol. The summed E-state index contributed by atoms with van der Waals surface area (Å²) >= 11 is 0. The molecule has 8 rings (SSSR count). The van der Waals surface area contributed by atoms with E-state index in [1.54, 1.807) is 36.9 Å². The monoisotopic (exact) mass is 764 g/mol. The lowest BCUT2D eigenvalue weighted by Crippen LogP contribution is -2.39. The summed E-state index contributed by atoms with van der Waals surface area (Å²) in [5.74, 6) is -5.43. The molecule has 2 aliphatic heterocycles. The minimum atomic E-state index is -2.61. The highest BCUT2D eigenvalue weighted by Gasteiger charge is 2.34. The van der Waals surface area contributed by atoms with E-state index in [-0.39, 0.29) is 42.6 Å². The zero-order valence-electron chi connectivity index (χ0n) is 29.6. The van der Waals surface area contributed by atoms with Gasteiger partial charge in [0.2, 0.25) is 17.7 Å². The molecule has 6 aromatic heterocycles. The summed E-state index contributed by atoms with van der Waals surface area (Å²) in [7, 11) is 0. The number of carboxylic acid groups (broad SMARTS) is 1. The van der Waals surface area contributed by atoms with Crippen molar-refractivity contribution in [2.24, 2.45) is 17.2 Å². The van der Waals surface area contributed by atoms with Gasteiger partial charge in [0.05, 0.1) is 82.5 Å². The zero-order valence-corrected chi connectivity index (χ0v) is 29.6. The van der Waals surface area contributed by atoms with Crippen LogP contribution in [-0.2, 0) is 4.74 Å². The fourth-order valence-corrected chi connectivity index (χ4v) is 6.05. The molecule has 0 unspecified atom stereocenters. The first-order valence-corrected chi connectivity index (χ1v) is 17.0. The SMILES string of the molecule is NC(=O)c1cnc2cncc(C(=O)O)c2c1.NC(=O)c1cnc2cncc(C3=CCOCC3)c2c1.NC(=O)c1cnc2cncc(N3CCC(F)(F)CC3)c2c1. The van der Waals surface area contributed by atoms with Gasteiger partial charge >= 0.3 is 5.97 Å². The minimum absolute atomic E-state index is 0.00639. The molecule has 0 spiro atoms. The molecule has 16 nitrogen and oxygen atoms in total. The van der Waals surface area contributed by atoms with E-state index in [0.717, 1.165) is 22.9 Å². The van der Waals surface area contributed by atoms with E-state index < -0.39 is 29.6 Å². The van der Waals surface area contributed by atoms with E-state index >= 15 is 0 Å². The number of ether oxygens (including phenoxy) is 1. The molecule has 18 heteroatoms. The molecule has 0 aromatic carbocycles. The average molecular weight is 765 g/mol. The van der Waals surface area contributed by atoms with Gasteiger partial charge in [0, 0.05) is 78.6 Å². The number of primary amides is 3. The van der Waals surface area contributed by atoms with Crippen molar-refractivity contribution >= 4 is 67.7 Å². The third-order valence-electron chi connectivity index (χ3n) is 9.04. The molecule has 56 heavy (non-hydrogen) atoms. The maximum Gasteiger partial charge on any atom is 0.337 e. The van der Waals surface area contributed by atoms with Crippen LogP contribution in [0, 0.1) is 0 Å². The van der Waals surface area contributed by atoms with Gasteiger partial charge in [-0.25, -0.2) is 13.6 Å². The van der Waals surface area contributed by atoms with Crippen LogP contribution in [0.4, 0.5) is 14.5 Å². The third-order valence-corrected chi connectivity index (χ3v) is 9.04. The number of hydrogen-bond donors (Lipinski definition) is 4. The van der Waals surface area contributed by atoms with Crippen LogP contribution in [0.5, 0.6) is 0 Å². The van der Waals surface area contributed by atoms with Gasteiger partial charge in [-0.15, -0.1) is 0 Å². The predicted octanol–water partition coefficient (Wildman–Crippen LogP) is 3.92. The fraction of sp³-hybridized carbons (Fsp3) is 0.211. The molecule has 2 aliphatic rings. The van der Waals surface area contributed by atoms with Gasteiger partial charge in [-0.1, -0.05) is 6.08 Å². The number of aromatic carboxylic acids is 1. The Bertz CT molecular complexity index is 2520. The summed E-state index contributed by atoms with van der Waals surface area (Å²) in [4.78, 5) is 70.6. The molecular formula is C38H34F2N10O6. The van der Waals surface area contributed by atoms with Crippen molar-refractivity contribution in [3.05, 3.63) is 108 Å². The van der Waals surface area contributed by atoms with Gasteiger partial charge in [0.1, 0.15) is 0 Å².